The largest absolute Gasteiger partial charge is 0.444 e. The van der Waals surface area contributed by atoms with Crippen LogP contribution in [0, 0.1) is 11.8 Å². The maximum Gasteiger partial charge on any atom is 0.410 e. The van der Waals surface area contributed by atoms with Gasteiger partial charge in [0.15, 0.2) is 0 Å². The van der Waals surface area contributed by atoms with Crippen LogP contribution in [0.2, 0.25) is 0 Å². The van der Waals surface area contributed by atoms with Crippen molar-refractivity contribution in [2.75, 3.05) is 32.7 Å². The highest BCUT2D eigenvalue weighted by Crippen LogP contribution is 2.25. The molecular formula is C17H29N5O3. The summed E-state index contributed by atoms with van der Waals surface area (Å²) in [6.45, 7) is 8.89. The fraction of sp³-hybridized carbons (Fsp3) is 0.882. The van der Waals surface area contributed by atoms with E-state index in [4.69, 9.17) is 10.3 Å². The van der Waals surface area contributed by atoms with Crippen molar-refractivity contribution in [1.82, 2.24) is 9.80 Å². The molecule has 0 aromatic carbocycles. The van der Waals surface area contributed by atoms with Gasteiger partial charge in [-0.05, 0) is 57.4 Å². The second-order valence-corrected chi connectivity index (χ2v) is 8.02. The van der Waals surface area contributed by atoms with E-state index in [1.54, 1.807) is 4.90 Å². The summed E-state index contributed by atoms with van der Waals surface area (Å²) in [5.41, 5.74) is 7.92. The SMILES string of the molecule is CC(C)(C)OC(=O)N1CCC(CCN2CC(CN=[N+]=[N-])CC2=O)CC1. The van der Waals surface area contributed by atoms with Crippen molar-refractivity contribution >= 4 is 12.0 Å². The van der Waals surface area contributed by atoms with Gasteiger partial charge in [0.05, 0.1) is 0 Å². The van der Waals surface area contributed by atoms with Crippen molar-refractivity contribution in [3.63, 3.8) is 0 Å². The Morgan fingerprint density at radius 2 is 2.00 bits per heavy atom. The molecule has 0 aromatic rings. The summed E-state index contributed by atoms with van der Waals surface area (Å²) in [7, 11) is 0. The van der Waals surface area contributed by atoms with Crippen molar-refractivity contribution < 1.29 is 14.3 Å². The first-order chi connectivity index (χ1) is 11.8. The summed E-state index contributed by atoms with van der Waals surface area (Å²) in [5.74, 6) is 0.837. The Hall–Kier alpha value is -1.95. The van der Waals surface area contributed by atoms with Gasteiger partial charge in [-0.3, -0.25) is 4.79 Å². The molecule has 2 heterocycles. The first kappa shape index (κ1) is 19.4. The van der Waals surface area contributed by atoms with Gasteiger partial charge in [0, 0.05) is 44.1 Å². The number of carbonyl (C=O) groups is 2. The van der Waals surface area contributed by atoms with Crippen LogP contribution in [0.3, 0.4) is 0 Å². The molecule has 2 rings (SSSR count). The fourth-order valence-electron chi connectivity index (χ4n) is 3.41. The predicted molar refractivity (Wildman–Crippen MR) is 93.8 cm³/mol. The predicted octanol–water partition coefficient (Wildman–Crippen LogP) is 3.18. The number of nitrogens with zero attached hydrogens (tertiary/aromatic N) is 5. The van der Waals surface area contributed by atoms with E-state index < -0.39 is 5.60 Å². The third kappa shape index (κ3) is 6.12. The van der Waals surface area contributed by atoms with Crippen LogP contribution in [-0.4, -0.2) is 60.1 Å². The van der Waals surface area contributed by atoms with Gasteiger partial charge in [0.1, 0.15) is 5.60 Å². The first-order valence-corrected chi connectivity index (χ1v) is 9.05. The molecule has 2 aliphatic heterocycles. The van der Waals surface area contributed by atoms with Gasteiger partial charge >= 0.3 is 6.09 Å². The lowest BCUT2D eigenvalue weighted by Gasteiger charge is -2.34. The average molecular weight is 351 g/mol. The van der Waals surface area contributed by atoms with Crippen LogP contribution in [0.25, 0.3) is 10.4 Å². The smallest absolute Gasteiger partial charge is 0.410 e. The normalized spacial score (nSPS) is 22.0. The number of carbonyl (C=O) groups excluding carboxylic acids is 2. The molecule has 2 fully saturated rings. The molecule has 8 nitrogen and oxygen atoms in total. The van der Waals surface area contributed by atoms with Gasteiger partial charge in [-0.2, -0.15) is 0 Å². The zero-order chi connectivity index (χ0) is 18.4. The van der Waals surface area contributed by atoms with E-state index in [9.17, 15) is 9.59 Å². The highest BCUT2D eigenvalue weighted by Gasteiger charge is 2.31. The number of likely N-dealkylation sites (tertiary alicyclic amines) is 2. The average Bonchev–Trinajstić information content (AvgIpc) is 2.90. The topological polar surface area (TPSA) is 98.6 Å². The fourth-order valence-corrected chi connectivity index (χ4v) is 3.41. The Bertz CT molecular complexity index is 531. The van der Waals surface area contributed by atoms with Gasteiger partial charge in [-0.25, -0.2) is 4.79 Å². The summed E-state index contributed by atoms with van der Waals surface area (Å²) in [6.07, 6.45) is 3.10. The quantitative estimate of drug-likeness (QED) is 0.432. The van der Waals surface area contributed by atoms with Crippen molar-refractivity contribution in [2.24, 2.45) is 17.0 Å². The van der Waals surface area contributed by atoms with Crippen molar-refractivity contribution in [1.29, 1.82) is 0 Å². The molecule has 2 aliphatic rings. The lowest BCUT2D eigenvalue weighted by molar-refractivity contribution is -0.127. The lowest BCUT2D eigenvalue weighted by Crippen LogP contribution is -2.42. The lowest BCUT2D eigenvalue weighted by atomic mass is 9.93. The minimum Gasteiger partial charge on any atom is -0.444 e. The van der Waals surface area contributed by atoms with E-state index in [1.165, 1.54) is 0 Å². The molecule has 1 unspecified atom stereocenters. The molecule has 140 valence electrons. The molecule has 0 radical (unpaired) electrons. The molecule has 2 saturated heterocycles. The van der Waals surface area contributed by atoms with Gasteiger partial charge < -0.3 is 14.5 Å². The molecule has 1 atom stereocenters. The van der Waals surface area contributed by atoms with E-state index >= 15 is 0 Å². The highest BCUT2D eigenvalue weighted by molar-refractivity contribution is 5.78. The summed E-state index contributed by atoms with van der Waals surface area (Å²) < 4.78 is 5.41. The Morgan fingerprint density at radius 3 is 2.60 bits per heavy atom. The molecule has 0 saturated carbocycles. The standard InChI is InChI=1S/C17H29N5O3/c1-17(2,3)25-16(24)21-7-4-13(5-8-21)6-9-22-12-14(10-15(22)23)11-19-20-18/h13-14H,4-12H2,1-3H3. The highest BCUT2D eigenvalue weighted by atomic mass is 16.6. The Balaban J connectivity index is 1.69. The molecule has 0 N–H and O–H groups in total. The third-order valence-corrected chi connectivity index (χ3v) is 4.77. The van der Waals surface area contributed by atoms with Crippen LogP contribution in [0.1, 0.15) is 46.5 Å². The minimum atomic E-state index is -0.462. The maximum atomic E-state index is 12.1. The number of hydrogen-bond donors (Lipinski definition) is 0. The number of piperidine rings is 1. The van der Waals surface area contributed by atoms with Crippen LogP contribution < -0.4 is 0 Å². The van der Waals surface area contributed by atoms with Gasteiger partial charge in [-0.15, -0.1) is 0 Å². The Kier molecular flexibility index (Phi) is 6.53. The molecular weight excluding hydrogens is 322 g/mol. The number of amides is 2. The van der Waals surface area contributed by atoms with Crippen molar-refractivity contribution in [3.8, 4) is 0 Å². The van der Waals surface area contributed by atoms with Crippen molar-refractivity contribution in [2.45, 2.75) is 52.1 Å². The zero-order valence-electron chi connectivity index (χ0n) is 15.5. The van der Waals surface area contributed by atoms with Gasteiger partial charge in [0.2, 0.25) is 5.91 Å². The molecule has 0 aromatic heterocycles. The van der Waals surface area contributed by atoms with Crippen molar-refractivity contribution in [3.05, 3.63) is 10.4 Å². The molecule has 2 amide bonds. The van der Waals surface area contributed by atoms with Gasteiger partial charge in [0.25, 0.3) is 0 Å². The van der Waals surface area contributed by atoms with Crippen LogP contribution in [0.15, 0.2) is 5.11 Å². The van der Waals surface area contributed by atoms with E-state index in [0.29, 0.717) is 38.5 Å². The molecule has 0 spiro atoms. The molecule has 8 heteroatoms. The number of ether oxygens (including phenoxy) is 1. The van der Waals surface area contributed by atoms with Crippen LogP contribution >= 0.6 is 0 Å². The zero-order valence-corrected chi connectivity index (χ0v) is 15.5. The number of rotatable bonds is 5. The summed E-state index contributed by atoms with van der Waals surface area (Å²) in [5, 5.41) is 3.58. The molecule has 0 bridgehead atoms. The van der Waals surface area contributed by atoms with E-state index in [0.717, 1.165) is 25.8 Å². The Labute approximate surface area is 149 Å². The number of hydrogen-bond acceptors (Lipinski definition) is 4. The van der Waals surface area contributed by atoms with E-state index in [2.05, 4.69) is 10.0 Å². The molecule has 25 heavy (non-hydrogen) atoms. The first-order valence-electron chi connectivity index (χ1n) is 9.05. The number of azide groups is 1. The summed E-state index contributed by atoms with van der Waals surface area (Å²) in [4.78, 5) is 30.5. The monoisotopic (exact) mass is 351 g/mol. The minimum absolute atomic E-state index is 0.150. The van der Waals surface area contributed by atoms with Gasteiger partial charge in [-0.1, -0.05) is 5.11 Å². The van der Waals surface area contributed by atoms with Crippen LogP contribution in [0.4, 0.5) is 4.79 Å². The second-order valence-electron chi connectivity index (χ2n) is 8.02. The molecule has 0 aliphatic carbocycles. The maximum absolute atomic E-state index is 12.1. The van der Waals surface area contributed by atoms with Crippen LogP contribution in [0.5, 0.6) is 0 Å². The Morgan fingerprint density at radius 1 is 1.32 bits per heavy atom. The second kappa shape index (κ2) is 8.43. The summed E-state index contributed by atoms with van der Waals surface area (Å²) in [6, 6.07) is 0. The summed E-state index contributed by atoms with van der Waals surface area (Å²) >= 11 is 0. The third-order valence-electron chi connectivity index (χ3n) is 4.77. The van der Waals surface area contributed by atoms with E-state index in [1.807, 2.05) is 25.7 Å². The van der Waals surface area contributed by atoms with Crippen LogP contribution in [-0.2, 0) is 9.53 Å². The van der Waals surface area contributed by atoms with E-state index in [-0.39, 0.29) is 17.9 Å².